The maximum Gasteiger partial charge on any atom is 0.319 e. The summed E-state index contributed by atoms with van der Waals surface area (Å²) in [7, 11) is 0. The van der Waals surface area contributed by atoms with E-state index >= 15 is 0 Å². The van der Waals surface area contributed by atoms with E-state index in [4.69, 9.17) is 5.11 Å². The summed E-state index contributed by atoms with van der Waals surface area (Å²) in [6.07, 6.45) is 7.87. The number of rotatable bonds is 4. The van der Waals surface area contributed by atoms with Crippen LogP contribution in [0.3, 0.4) is 0 Å². The lowest BCUT2D eigenvalue weighted by Gasteiger charge is -2.24. The Balaban J connectivity index is 1.68. The second kappa shape index (κ2) is 6.57. The third kappa shape index (κ3) is 3.09. The molecule has 7 heteroatoms. The number of anilines is 1. The van der Waals surface area contributed by atoms with Gasteiger partial charge in [-0.05, 0) is 31.4 Å². The summed E-state index contributed by atoms with van der Waals surface area (Å²) in [5.74, 6) is 0. The molecule has 1 atom stereocenters. The normalized spacial score (nSPS) is 16.9. The molecule has 0 unspecified atom stereocenters. The molecule has 0 fully saturated rings. The van der Waals surface area contributed by atoms with E-state index in [1.807, 2.05) is 4.68 Å². The van der Waals surface area contributed by atoms with Gasteiger partial charge in [-0.3, -0.25) is 9.67 Å². The highest BCUT2D eigenvalue weighted by molar-refractivity contribution is 5.89. The van der Waals surface area contributed by atoms with Crippen LogP contribution in [0.25, 0.3) is 0 Å². The molecule has 7 nitrogen and oxygen atoms in total. The van der Waals surface area contributed by atoms with Crippen molar-refractivity contribution in [1.29, 1.82) is 0 Å². The second-order valence-electron chi connectivity index (χ2n) is 5.27. The fraction of sp³-hybridized carbons (Fsp3) is 0.400. The number of urea groups is 1. The molecule has 0 saturated carbocycles. The first-order chi connectivity index (χ1) is 10.8. The van der Waals surface area contributed by atoms with Gasteiger partial charge in [-0.1, -0.05) is 0 Å². The van der Waals surface area contributed by atoms with Crippen molar-refractivity contribution in [2.45, 2.75) is 31.8 Å². The van der Waals surface area contributed by atoms with Gasteiger partial charge in [0.05, 0.1) is 25.4 Å². The van der Waals surface area contributed by atoms with Gasteiger partial charge >= 0.3 is 6.03 Å². The van der Waals surface area contributed by atoms with Crippen LogP contribution in [0.4, 0.5) is 10.5 Å². The fourth-order valence-electron chi connectivity index (χ4n) is 2.82. The number of pyridine rings is 1. The largest absolute Gasteiger partial charge is 0.394 e. The highest BCUT2D eigenvalue weighted by Gasteiger charge is 2.25. The van der Waals surface area contributed by atoms with E-state index in [1.54, 1.807) is 30.7 Å². The first-order valence-electron chi connectivity index (χ1n) is 7.41. The van der Waals surface area contributed by atoms with Crippen molar-refractivity contribution in [3.05, 3.63) is 42.0 Å². The quantitative estimate of drug-likeness (QED) is 0.797. The molecule has 0 aliphatic heterocycles. The van der Waals surface area contributed by atoms with Gasteiger partial charge in [0.25, 0.3) is 0 Å². The Morgan fingerprint density at radius 3 is 3.00 bits per heavy atom. The van der Waals surface area contributed by atoms with Crippen LogP contribution in [0.1, 0.15) is 30.1 Å². The molecule has 0 radical (unpaired) electrons. The fourth-order valence-corrected chi connectivity index (χ4v) is 2.82. The minimum Gasteiger partial charge on any atom is -0.394 e. The summed E-state index contributed by atoms with van der Waals surface area (Å²) in [5.41, 5.74) is 2.86. The molecule has 2 aromatic rings. The number of aliphatic hydroxyl groups is 1. The molecule has 1 aliphatic carbocycles. The highest BCUT2D eigenvalue weighted by atomic mass is 16.3. The molecule has 3 N–H and O–H groups in total. The van der Waals surface area contributed by atoms with E-state index in [0.717, 1.165) is 30.5 Å². The third-order valence-corrected chi connectivity index (χ3v) is 3.82. The van der Waals surface area contributed by atoms with Gasteiger partial charge in [0, 0.05) is 29.3 Å². The molecule has 2 heterocycles. The Bertz CT molecular complexity index is 641. The lowest BCUT2D eigenvalue weighted by Crippen LogP contribution is -2.34. The number of nitrogens with one attached hydrogen (secondary N) is 2. The van der Waals surface area contributed by atoms with E-state index in [-0.39, 0.29) is 18.7 Å². The van der Waals surface area contributed by atoms with Crippen LogP contribution >= 0.6 is 0 Å². The number of aliphatic hydroxyl groups excluding tert-OH is 1. The van der Waals surface area contributed by atoms with E-state index in [1.165, 1.54) is 0 Å². The van der Waals surface area contributed by atoms with Gasteiger partial charge < -0.3 is 15.7 Å². The third-order valence-electron chi connectivity index (χ3n) is 3.82. The van der Waals surface area contributed by atoms with Crippen LogP contribution in [0.2, 0.25) is 0 Å². The predicted molar refractivity (Wildman–Crippen MR) is 81.4 cm³/mol. The summed E-state index contributed by atoms with van der Waals surface area (Å²) >= 11 is 0. The maximum absolute atomic E-state index is 12.1. The zero-order valence-electron chi connectivity index (χ0n) is 12.2. The molecular formula is C15H19N5O2. The Morgan fingerprint density at radius 1 is 1.41 bits per heavy atom. The average Bonchev–Trinajstić information content (AvgIpc) is 2.93. The number of hydrogen-bond donors (Lipinski definition) is 3. The predicted octanol–water partition coefficient (Wildman–Crippen LogP) is 1.47. The number of fused-ring (bicyclic) bond motifs is 1. The van der Waals surface area contributed by atoms with Crippen molar-refractivity contribution >= 4 is 11.7 Å². The summed E-state index contributed by atoms with van der Waals surface area (Å²) in [4.78, 5) is 16.0. The van der Waals surface area contributed by atoms with Gasteiger partial charge in [-0.15, -0.1) is 0 Å². The van der Waals surface area contributed by atoms with E-state index < -0.39 is 0 Å². The minimum atomic E-state index is -0.237. The van der Waals surface area contributed by atoms with E-state index in [0.29, 0.717) is 12.2 Å². The number of carbonyl (C=O) groups excluding carboxylic acids is 1. The summed E-state index contributed by atoms with van der Waals surface area (Å²) in [6.45, 7) is 0.556. The van der Waals surface area contributed by atoms with Crippen molar-refractivity contribution in [2.24, 2.45) is 0 Å². The van der Waals surface area contributed by atoms with Crippen molar-refractivity contribution in [3.63, 3.8) is 0 Å². The highest BCUT2D eigenvalue weighted by Crippen LogP contribution is 2.29. The number of aromatic nitrogens is 3. The first kappa shape index (κ1) is 14.5. The van der Waals surface area contributed by atoms with Gasteiger partial charge in [0.1, 0.15) is 0 Å². The number of nitrogens with zero attached hydrogens (tertiary/aromatic N) is 3. The van der Waals surface area contributed by atoms with Crippen LogP contribution < -0.4 is 10.6 Å². The number of carbonyl (C=O) groups is 1. The van der Waals surface area contributed by atoms with Crippen LogP contribution in [0, 0.1) is 0 Å². The lowest BCUT2D eigenvalue weighted by molar-refractivity contribution is 0.246. The monoisotopic (exact) mass is 301 g/mol. The zero-order chi connectivity index (χ0) is 15.4. The first-order valence-corrected chi connectivity index (χ1v) is 7.41. The number of hydrogen-bond acceptors (Lipinski definition) is 4. The molecule has 3 rings (SSSR count). The average molecular weight is 301 g/mol. The number of amides is 2. The molecule has 0 spiro atoms. The second-order valence-corrected chi connectivity index (χ2v) is 5.27. The van der Waals surface area contributed by atoms with Crippen LogP contribution in [-0.4, -0.2) is 32.5 Å². The molecular weight excluding hydrogens is 282 g/mol. The van der Waals surface area contributed by atoms with Crippen LogP contribution in [0.15, 0.2) is 30.7 Å². The molecule has 116 valence electrons. The molecule has 22 heavy (non-hydrogen) atoms. The van der Waals surface area contributed by atoms with Gasteiger partial charge in [0.2, 0.25) is 0 Å². The molecule has 2 amide bonds. The summed E-state index contributed by atoms with van der Waals surface area (Å²) in [6, 6.07) is 3.20. The molecule has 2 aromatic heterocycles. The summed E-state index contributed by atoms with van der Waals surface area (Å²) in [5, 5.41) is 19.2. The van der Waals surface area contributed by atoms with Crippen molar-refractivity contribution in [2.75, 3.05) is 11.9 Å². The molecule has 1 aliphatic rings. The SMILES string of the molecule is O=C(Nc1ccncc1)N[C@H]1CCCc2c1cnn2CCO. The van der Waals surface area contributed by atoms with Crippen molar-refractivity contribution in [1.82, 2.24) is 20.1 Å². The van der Waals surface area contributed by atoms with Gasteiger partial charge in [-0.25, -0.2) is 4.79 Å². The maximum atomic E-state index is 12.1. The standard InChI is InChI=1S/C15H19N5O2/c21-9-8-20-14-3-1-2-13(12(14)10-17-20)19-15(22)18-11-4-6-16-7-5-11/h4-7,10,13,21H,1-3,8-9H2,(H2,16,18,19,22)/t13-/m0/s1. The van der Waals surface area contributed by atoms with Crippen LogP contribution in [0.5, 0.6) is 0 Å². The van der Waals surface area contributed by atoms with Gasteiger partial charge in [-0.2, -0.15) is 5.10 Å². The Morgan fingerprint density at radius 2 is 2.23 bits per heavy atom. The topological polar surface area (TPSA) is 92.1 Å². The Labute approximate surface area is 128 Å². The molecule has 0 aromatic carbocycles. The van der Waals surface area contributed by atoms with Gasteiger partial charge in [0.15, 0.2) is 0 Å². The smallest absolute Gasteiger partial charge is 0.319 e. The summed E-state index contributed by atoms with van der Waals surface area (Å²) < 4.78 is 1.82. The van der Waals surface area contributed by atoms with Crippen LogP contribution in [-0.2, 0) is 13.0 Å². The van der Waals surface area contributed by atoms with Crippen molar-refractivity contribution < 1.29 is 9.90 Å². The zero-order valence-corrected chi connectivity index (χ0v) is 12.2. The van der Waals surface area contributed by atoms with E-state index in [9.17, 15) is 4.79 Å². The van der Waals surface area contributed by atoms with Crippen molar-refractivity contribution in [3.8, 4) is 0 Å². The minimum absolute atomic E-state index is 0.0435. The molecule has 0 bridgehead atoms. The molecule has 0 saturated heterocycles. The lowest BCUT2D eigenvalue weighted by atomic mass is 9.93. The Kier molecular flexibility index (Phi) is 4.34. The van der Waals surface area contributed by atoms with E-state index in [2.05, 4.69) is 20.7 Å². The Hall–Kier alpha value is -2.41.